The molecule has 0 spiro atoms. The first-order valence-electron chi connectivity index (χ1n) is 25.0. The Hall–Kier alpha value is -6.43. The fourth-order valence-electron chi connectivity index (χ4n) is 9.01. The molecule has 2 unspecified atom stereocenters. The summed E-state index contributed by atoms with van der Waals surface area (Å²) in [5, 5.41) is 27.5. The Morgan fingerprint density at radius 2 is 1.57 bits per heavy atom. The Balaban J connectivity index is 1.10. The molecular formula is C55H72N4O13. The van der Waals surface area contributed by atoms with Crippen LogP contribution in [-0.4, -0.2) is 119 Å². The third-order valence-corrected chi connectivity index (χ3v) is 13.3. The minimum absolute atomic E-state index is 0.118. The molecule has 17 heteroatoms. The molecule has 1 fully saturated rings. The zero-order valence-electron chi connectivity index (χ0n) is 42.6. The van der Waals surface area contributed by atoms with Crippen molar-refractivity contribution in [1.29, 1.82) is 0 Å². The van der Waals surface area contributed by atoms with Crippen molar-refractivity contribution >= 4 is 58.8 Å². The van der Waals surface area contributed by atoms with Crippen molar-refractivity contribution in [3.63, 3.8) is 0 Å². The fraction of sp³-hybridized carbons (Fsp3) is 0.509. The van der Waals surface area contributed by atoms with Crippen LogP contribution in [0.5, 0.6) is 5.75 Å². The van der Waals surface area contributed by atoms with Crippen molar-refractivity contribution < 1.29 is 62.7 Å². The summed E-state index contributed by atoms with van der Waals surface area (Å²) in [5.74, 6) is -4.25. The van der Waals surface area contributed by atoms with Crippen LogP contribution in [0.1, 0.15) is 130 Å². The third kappa shape index (κ3) is 16.6. The number of fused-ring (bicyclic) bond motifs is 1. The van der Waals surface area contributed by atoms with Gasteiger partial charge in [-0.1, -0.05) is 49.4 Å². The summed E-state index contributed by atoms with van der Waals surface area (Å²) in [7, 11) is 1.97. The Morgan fingerprint density at radius 3 is 2.29 bits per heavy atom. The number of likely N-dealkylation sites (N-methyl/N-ethyl adjacent to an activating group) is 1. The number of nitrogens with one attached hydrogen (secondary N) is 3. The number of aliphatic hydroxyl groups excluding tert-OH is 2. The van der Waals surface area contributed by atoms with Crippen LogP contribution >= 0.6 is 0 Å². The number of H-pyrrole nitrogens is 1. The minimum atomic E-state index is -1.43. The number of carbonyl (C=O) groups excluding carboxylic acids is 7. The first-order chi connectivity index (χ1) is 34.3. The molecule has 0 saturated heterocycles. The summed E-state index contributed by atoms with van der Waals surface area (Å²) in [6.07, 6.45) is 4.72. The number of ketones is 1. The summed E-state index contributed by atoms with van der Waals surface area (Å²) in [6.45, 7) is 11.8. The van der Waals surface area contributed by atoms with Gasteiger partial charge in [0.15, 0.2) is 12.2 Å². The van der Waals surface area contributed by atoms with E-state index in [1.54, 1.807) is 32.9 Å². The molecule has 7 atom stereocenters. The lowest BCUT2D eigenvalue weighted by atomic mass is 9.85. The molecule has 1 aromatic heterocycles. The van der Waals surface area contributed by atoms with Crippen LogP contribution in [-0.2, 0) is 49.4 Å². The lowest BCUT2D eigenvalue weighted by Gasteiger charge is -2.26. The number of rotatable bonds is 27. The van der Waals surface area contributed by atoms with E-state index in [4.69, 9.17) is 18.9 Å². The van der Waals surface area contributed by atoms with Gasteiger partial charge in [0, 0.05) is 42.1 Å². The van der Waals surface area contributed by atoms with Crippen LogP contribution in [0.4, 0.5) is 5.69 Å². The quantitative estimate of drug-likeness (QED) is 0.0133. The van der Waals surface area contributed by atoms with Crippen molar-refractivity contribution in [3.05, 3.63) is 94.3 Å². The molecule has 2 amide bonds. The van der Waals surface area contributed by atoms with Crippen LogP contribution in [0.15, 0.2) is 60.7 Å². The van der Waals surface area contributed by atoms with E-state index in [9.17, 15) is 43.8 Å². The maximum Gasteiger partial charge on any atom is 0.347 e. The van der Waals surface area contributed by atoms with Crippen molar-refractivity contribution in [3.8, 4) is 5.75 Å². The molecule has 1 saturated carbocycles. The van der Waals surface area contributed by atoms with Gasteiger partial charge in [0.25, 0.3) is 11.8 Å². The highest BCUT2D eigenvalue weighted by atomic mass is 16.6. The van der Waals surface area contributed by atoms with Gasteiger partial charge < -0.3 is 54.5 Å². The number of aliphatic hydroxyl groups is 2. The number of aryl methyl sites for hydroxylation is 2. The molecule has 17 nitrogen and oxygen atoms in total. The Morgan fingerprint density at radius 1 is 0.875 bits per heavy atom. The summed E-state index contributed by atoms with van der Waals surface area (Å²) in [6, 6.07) is 14.3. The number of amides is 2. The number of aromatic amines is 1. The molecule has 3 aromatic rings. The average molecular weight is 997 g/mol. The Labute approximate surface area is 422 Å². The number of ether oxygens (including phenoxy) is 4. The van der Waals surface area contributed by atoms with Gasteiger partial charge in [-0.25, -0.2) is 9.59 Å². The molecule has 5 rings (SSSR count). The highest BCUT2D eigenvalue weighted by Gasteiger charge is 2.41. The highest BCUT2D eigenvalue weighted by Crippen LogP contribution is 2.39. The summed E-state index contributed by atoms with van der Waals surface area (Å²) in [5.41, 5.74) is 4.66. The largest absolute Gasteiger partial charge is 0.460 e. The van der Waals surface area contributed by atoms with Gasteiger partial charge >= 0.3 is 23.9 Å². The van der Waals surface area contributed by atoms with Gasteiger partial charge in [-0.05, 0) is 147 Å². The zero-order chi connectivity index (χ0) is 52.5. The molecular weight excluding hydrogens is 925 g/mol. The van der Waals surface area contributed by atoms with Gasteiger partial charge in [-0.3, -0.25) is 19.2 Å². The summed E-state index contributed by atoms with van der Waals surface area (Å²) >= 11 is 0. The number of hydrogen-bond donors (Lipinski definition) is 5. The Bertz CT molecular complexity index is 2450. The average Bonchev–Trinajstić information content (AvgIpc) is 3.92. The van der Waals surface area contributed by atoms with Gasteiger partial charge in [0.05, 0.1) is 36.2 Å². The number of esters is 4. The molecule has 2 heterocycles. The maximum atomic E-state index is 13.4. The smallest absolute Gasteiger partial charge is 0.347 e. The maximum absolute atomic E-state index is 13.4. The SMILES string of the molecule is CCN(C)CCNC(=O)c1c(C)[nH]c(/C=C2\C(=O)Nc3ccc(OC(=O)CCC(=O)OC(C)C(=O)OC(C)C(=O)O[C@@H](CCc4ccccc4)CC[C@@H]4[C@@H](C/C=C\CCCC(C)=O)[C@@H](O)C[C@H]4O)cc32)c1C. The predicted octanol–water partition coefficient (Wildman–Crippen LogP) is 6.74. The van der Waals surface area contributed by atoms with Gasteiger partial charge in [-0.2, -0.15) is 0 Å². The first-order valence-corrected chi connectivity index (χ1v) is 25.0. The van der Waals surface area contributed by atoms with Crippen molar-refractivity contribution in [2.75, 3.05) is 32.0 Å². The van der Waals surface area contributed by atoms with Gasteiger partial charge in [-0.15, -0.1) is 0 Å². The van der Waals surface area contributed by atoms with E-state index in [0.717, 1.165) is 24.9 Å². The number of hydrogen-bond acceptors (Lipinski definition) is 14. The molecule has 72 heavy (non-hydrogen) atoms. The number of unbranched alkanes of at least 4 members (excludes halogenated alkanes) is 1. The Kier molecular flexibility index (Phi) is 21.5. The second-order valence-corrected chi connectivity index (χ2v) is 18.9. The van der Waals surface area contributed by atoms with E-state index in [0.29, 0.717) is 85.4 Å². The molecule has 5 N–H and O–H groups in total. The number of aromatic nitrogens is 1. The van der Waals surface area contributed by atoms with Crippen LogP contribution in [0.2, 0.25) is 0 Å². The summed E-state index contributed by atoms with van der Waals surface area (Å²) in [4.78, 5) is 94.8. The predicted molar refractivity (Wildman–Crippen MR) is 270 cm³/mol. The van der Waals surface area contributed by atoms with E-state index in [1.807, 2.05) is 56.5 Å². The summed E-state index contributed by atoms with van der Waals surface area (Å²) < 4.78 is 22.0. The zero-order valence-corrected chi connectivity index (χ0v) is 42.6. The molecule has 0 bridgehead atoms. The van der Waals surface area contributed by atoms with E-state index < -0.39 is 67.2 Å². The third-order valence-electron chi connectivity index (χ3n) is 13.3. The molecule has 0 radical (unpaired) electrons. The molecule has 2 aliphatic rings. The second-order valence-electron chi connectivity index (χ2n) is 18.9. The molecule has 1 aliphatic carbocycles. The van der Waals surface area contributed by atoms with Crippen molar-refractivity contribution in [2.24, 2.45) is 11.8 Å². The topological polar surface area (TPSA) is 240 Å². The molecule has 390 valence electrons. The molecule has 2 aromatic carbocycles. The lowest BCUT2D eigenvalue weighted by Crippen LogP contribution is -2.35. The minimum Gasteiger partial charge on any atom is -0.460 e. The normalized spacial score (nSPS) is 19.1. The lowest BCUT2D eigenvalue weighted by molar-refractivity contribution is -0.179. The fourth-order valence-corrected chi connectivity index (χ4v) is 9.01. The van der Waals surface area contributed by atoms with Crippen LogP contribution < -0.4 is 15.4 Å². The van der Waals surface area contributed by atoms with E-state index in [1.165, 1.54) is 26.0 Å². The van der Waals surface area contributed by atoms with Crippen molar-refractivity contribution in [2.45, 2.75) is 143 Å². The van der Waals surface area contributed by atoms with Crippen LogP contribution in [0, 0.1) is 25.7 Å². The highest BCUT2D eigenvalue weighted by molar-refractivity contribution is 6.35. The number of allylic oxidation sites excluding steroid dienone is 2. The van der Waals surface area contributed by atoms with Gasteiger partial charge in [0.2, 0.25) is 0 Å². The second kappa shape index (κ2) is 27.4. The monoisotopic (exact) mass is 997 g/mol. The number of Topliss-reactive ketones (excluding diaryl/α,β-unsaturated/α-hetero) is 1. The van der Waals surface area contributed by atoms with E-state index in [2.05, 4.69) is 20.5 Å². The van der Waals surface area contributed by atoms with Crippen molar-refractivity contribution in [1.82, 2.24) is 15.2 Å². The number of carbonyl (C=O) groups is 7. The first kappa shape index (κ1) is 56.5. The van der Waals surface area contributed by atoms with Gasteiger partial charge in [0.1, 0.15) is 17.6 Å². The standard InChI is InChI=1S/C55H72N4O13/c1-8-59(7)29-28-56-53(66)51-34(3)46(57-35(51)4)31-44-43-30-40(23-25-45(43)58-52(44)65)71-50(64)27-26-49(63)69-36(5)54(67)70-37(6)55(68)72-39(21-20-38-17-13-11-14-18-38)22-24-42-41(47(61)32-48(42)62)19-15-10-9-12-16-33(2)60/h10-11,13-15,17-18,23,25,30-31,36-37,39,41-42,47-48,57,61-62H,8-9,12,16,19-22,24,26-29,32H2,1-7H3,(H,56,66)(H,58,65)/b15-10-,44-31-/t36?,37?,39-,41+,42+,47-,48+/m0/s1. The van der Waals surface area contributed by atoms with Crippen LogP contribution in [0.25, 0.3) is 11.6 Å². The number of anilines is 1. The van der Waals surface area contributed by atoms with E-state index >= 15 is 0 Å². The number of nitrogens with zero attached hydrogens (tertiary/aromatic N) is 1. The number of benzene rings is 2. The molecule has 1 aliphatic heterocycles. The van der Waals surface area contributed by atoms with Crippen LogP contribution in [0.3, 0.4) is 0 Å². The van der Waals surface area contributed by atoms with E-state index in [-0.39, 0.29) is 47.2 Å².